The largest absolute Gasteiger partial charge is 0.507 e. The van der Waals surface area contributed by atoms with E-state index in [1.54, 1.807) is 24.3 Å². The van der Waals surface area contributed by atoms with E-state index in [0.29, 0.717) is 23.2 Å². The van der Waals surface area contributed by atoms with Crippen LogP contribution < -0.4 is 16.8 Å². The van der Waals surface area contributed by atoms with Gasteiger partial charge in [0, 0.05) is 36.2 Å². The van der Waals surface area contributed by atoms with Crippen molar-refractivity contribution < 1.29 is 9.52 Å². The molecule has 1 aromatic heterocycles. The fourth-order valence-corrected chi connectivity index (χ4v) is 4.68. The monoisotopic (exact) mass is 494 g/mol. The predicted molar refractivity (Wildman–Crippen MR) is 146 cm³/mol. The van der Waals surface area contributed by atoms with Crippen LogP contribution in [-0.4, -0.2) is 39.5 Å². The van der Waals surface area contributed by atoms with Gasteiger partial charge >= 0.3 is 5.63 Å². The highest BCUT2D eigenvalue weighted by Gasteiger charge is 2.35. The number of para-hydroxylation sites is 1. The van der Waals surface area contributed by atoms with Crippen molar-refractivity contribution in [2.45, 2.75) is 52.6 Å². The minimum Gasteiger partial charge on any atom is -0.507 e. The molecule has 0 aliphatic heterocycles. The standard InChI is InChI=1S/C27H34N4O3S/c1-16(2)31(17(3)4)15-21(18(5)29-30-27(28)35)23(19-11-7-6-8-12-19)24-25(32)20-13-9-10-14-22(20)34-26(24)33/h6-14,16-17,21,23,32H,15H2,1-5H3,(H3,28,30,35)/b29-18-/t21-,23+/m0/s1. The number of hydrogen-bond donors (Lipinski definition) is 3. The molecular weight excluding hydrogens is 460 g/mol. The van der Waals surface area contributed by atoms with Gasteiger partial charge in [-0.25, -0.2) is 4.79 Å². The van der Waals surface area contributed by atoms with Crippen molar-refractivity contribution in [3.05, 3.63) is 76.1 Å². The average Bonchev–Trinajstić information content (AvgIpc) is 2.81. The molecule has 3 rings (SSSR count). The molecule has 0 aliphatic rings. The van der Waals surface area contributed by atoms with Gasteiger partial charge in [-0.3, -0.25) is 10.3 Å². The Morgan fingerprint density at radius 1 is 1.09 bits per heavy atom. The summed E-state index contributed by atoms with van der Waals surface area (Å²) in [6, 6.07) is 17.1. The molecule has 35 heavy (non-hydrogen) atoms. The van der Waals surface area contributed by atoms with Crippen molar-refractivity contribution in [2.75, 3.05) is 6.54 Å². The first-order valence-electron chi connectivity index (χ1n) is 11.8. The lowest BCUT2D eigenvalue weighted by atomic mass is 9.77. The lowest BCUT2D eigenvalue weighted by molar-refractivity contribution is 0.156. The first kappa shape index (κ1) is 26.4. The van der Waals surface area contributed by atoms with E-state index in [4.69, 9.17) is 22.4 Å². The Morgan fingerprint density at radius 2 is 1.69 bits per heavy atom. The van der Waals surface area contributed by atoms with Gasteiger partial charge in [0.1, 0.15) is 11.3 Å². The second-order valence-electron chi connectivity index (χ2n) is 9.26. The number of nitrogens with one attached hydrogen (secondary N) is 1. The van der Waals surface area contributed by atoms with Crippen LogP contribution in [0, 0.1) is 5.92 Å². The van der Waals surface area contributed by atoms with E-state index in [1.807, 2.05) is 37.3 Å². The highest BCUT2D eigenvalue weighted by molar-refractivity contribution is 7.80. The fourth-order valence-electron chi connectivity index (χ4n) is 4.63. The summed E-state index contributed by atoms with van der Waals surface area (Å²) in [7, 11) is 0. The molecule has 0 spiro atoms. The minimum absolute atomic E-state index is 0.0528. The van der Waals surface area contributed by atoms with Gasteiger partial charge in [0.25, 0.3) is 0 Å². The molecule has 8 heteroatoms. The number of benzene rings is 2. The van der Waals surface area contributed by atoms with E-state index >= 15 is 0 Å². The SMILES string of the molecule is C/C(=N/NC(N)=S)[C@H](CN(C(C)C)C(C)C)[C@@H](c1ccccc1)c1c(O)c2ccccc2oc1=O. The van der Waals surface area contributed by atoms with E-state index in [0.717, 1.165) is 5.56 Å². The van der Waals surface area contributed by atoms with Gasteiger partial charge < -0.3 is 15.3 Å². The Hall–Kier alpha value is -3.23. The predicted octanol–water partition coefficient (Wildman–Crippen LogP) is 4.57. The Bertz CT molecular complexity index is 1250. The number of aromatic hydroxyl groups is 1. The molecule has 0 saturated carbocycles. The van der Waals surface area contributed by atoms with E-state index in [-0.39, 0.29) is 34.4 Å². The fraction of sp³-hybridized carbons (Fsp3) is 0.370. The number of hydrogen-bond acceptors (Lipinski definition) is 6. The Morgan fingerprint density at radius 3 is 2.29 bits per heavy atom. The third kappa shape index (κ3) is 6.07. The van der Waals surface area contributed by atoms with Gasteiger partial charge in [0.15, 0.2) is 5.11 Å². The number of rotatable bonds is 9. The normalized spacial score (nSPS) is 14.0. The quantitative estimate of drug-likeness (QED) is 0.173. The second kappa shape index (κ2) is 11.5. The molecule has 1 heterocycles. The molecule has 186 valence electrons. The third-order valence-electron chi connectivity index (χ3n) is 6.31. The molecular formula is C27H34N4O3S. The van der Waals surface area contributed by atoms with E-state index in [2.05, 4.69) is 43.1 Å². The van der Waals surface area contributed by atoms with Crippen LogP contribution in [0.4, 0.5) is 0 Å². The topological polar surface area (TPSA) is 104 Å². The average molecular weight is 495 g/mol. The first-order chi connectivity index (χ1) is 16.6. The first-order valence-corrected chi connectivity index (χ1v) is 12.2. The summed E-state index contributed by atoms with van der Waals surface area (Å²) in [5.74, 6) is -0.917. The zero-order valence-corrected chi connectivity index (χ0v) is 21.7. The Labute approximate surface area is 211 Å². The molecule has 0 unspecified atom stereocenters. The summed E-state index contributed by atoms with van der Waals surface area (Å²) in [5.41, 5.74) is 9.87. The molecule has 0 fully saturated rings. The van der Waals surface area contributed by atoms with Crippen LogP contribution in [0.15, 0.2) is 68.9 Å². The molecule has 4 N–H and O–H groups in total. The molecule has 2 aromatic carbocycles. The summed E-state index contributed by atoms with van der Waals surface area (Å²) < 4.78 is 5.68. The van der Waals surface area contributed by atoms with Crippen LogP contribution in [0.1, 0.15) is 51.7 Å². The number of nitrogens with two attached hydrogens (primary N) is 1. The van der Waals surface area contributed by atoms with Crippen molar-refractivity contribution in [1.29, 1.82) is 0 Å². The highest BCUT2D eigenvalue weighted by Crippen LogP contribution is 2.39. The number of hydrazone groups is 1. The summed E-state index contributed by atoms with van der Waals surface area (Å²) >= 11 is 4.96. The molecule has 0 aliphatic carbocycles. The second-order valence-corrected chi connectivity index (χ2v) is 9.70. The van der Waals surface area contributed by atoms with Crippen LogP contribution >= 0.6 is 12.2 Å². The third-order valence-corrected chi connectivity index (χ3v) is 6.40. The van der Waals surface area contributed by atoms with Crippen LogP contribution in [0.5, 0.6) is 5.75 Å². The van der Waals surface area contributed by atoms with Crippen molar-refractivity contribution in [1.82, 2.24) is 10.3 Å². The van der Waals surface area contributed by atoms with Crippen LogP contribution in [0.2, 0.25) is 0 Å². The van der Waals surface area contributed by atoms with Gasteiger partial charge in [-0.1, -0.05) is 42.5 Å². The van der Waals surface area contributed by atoms with Crippen LogP contribution in [0.25, 0.3) is 11.0 Å². The zero-order chi connectivity index (χ0) is 25.7. The van der Waals surface area contributed by atoms with Crippen LogP contribution in [0.3, 0.4) is 0 Å². The minimum atomic E-state index is -0.573. The summed E-state index contributed by atoms with van der Waals surface area (Å²) in [4.78, 5) is 15.7. The number of nitrogens with zero attached hydrogens (tertiary/aromatic N) is 2. The van der Waals surface area contributed by atoms with Crippen molar-refractivity contribution in [2.24, 2.45) is 16.8 Å². The van der Waals surface area contributed by atoms with E-state index < -0.39 is 11.5 Å². The number of thiocarbonyl (C=S) groups is 1. The Kier molecular flexibility index (Phi) is 8.64. The van der Waals surface area contributed by atoms with Gasteiger partial charge in [0.05, 0.1) is 10.9 Å². The van der Waals surface area contributed by atoms with E-state index in [1.165, 1.54) is 0 Å². The lowest BCUT2D eigenvalue weighted by Gasteiger charge is -2.37. The highest BCUT2D eigenvalue weighted by atomic mass is 32.1. The van der Waals surface area contributed by atoms with Crippen LogP contribution in [-0.2, 0) is 0 Å². The van der Waals surface area contributed by atoms with Gasteiger partial charge in [0.2, 0.25) is 0 Å². The lowest BCUT2D eigenvalue weighted by Crippen LogP contribution is -2.44. The van der Waals surface area contributed by atoms with E-state index in [9.17, 15) is 9.90 Å². The van der Waals surface area contributed by atoms with Gasteiger partial charge in [-0.15, -0.1) is 0 Å². The summed E-state index contributed by atoms with van der Waals surface area (Å²) in [6.07, 6.45) is 0. The van der Waals surface area contributed by atoms with Gasteiger partial charge in [-0.2, -0.15) is 5.10 Å². The molecule has 3 aromatic rings. The maximum atomic E-state index is 13.4. The summed E-state index contributed by atoms with van der Waals surface area (Å²) in [6.45, 7) is 11.0. The smallest absolute Gasteiger partial charge is 0.343 e. The number of fused-ring (bicyclic) bond motifs is 1. The molecule has 0 saturated heterocycles. The molecule has 0 bridgehead atoms. The molecule has 2 atom stereocenters. The zero-order valence-electron chi connectivity index (χ0n) is 20.9. The maximum absolute atomic E-state index is 13.4. The molecule has 0 amide bonds. The Balaban J connectivity index is 2.30. The van der Waals surface area contributed by atoms with Crippen molar-refractivity contribution in [3.63, 3.8) is 0 Å². The van der Waals surface area contributed by atoms with Crippen molar-refractivity contribution >= 4 is 34.0 Å². The van der Waals surface area contributed by atoms with Gasteiger partial charge in [-0.05, 0) is 64.5 Å². The van der Waals surface area contributed by atoms with Crippen molar-refractivity contribution in [3.8, 4) is 5.75 Å². The maximum Gasteiger partial charge on any atom is 0.343 e. The molecule has 7 nitrogen and oxygen atoms in total. The summed E-state index contributed by atoms with van der Waals surface area (Å²) in [5, 5.41) is 16.4. The molecule has 0 radical (unpaired) electrons.